The molecule has 1 amide bonds. The Kier molecular flexibility index (Phi) is 3.03. The number of benzene rings is 1. The Labute approximate surface area is 122 Å². The van der Waals surface area contributed by atoms with Crippen LogP contribution in [-0.4, -0.2) is 11.7 Å². The average molecular weight is 336 g/mol. The first kappa shape index (κ1) is 12.6. The second kappa shape index (κ2) is 4.58. The van der Waals surface area contributed by atoms with Gasteiger partial charge in [0.15, 0.2) is 0 Å². The Hall–Kier alpha value is -1.46. The van der Waals surface area contributed by atoms with E-state index in [9.17, 15) is 9.59 Å². The number of fused-ring (bicyclic) bond motifs is 1. The third-order valence-corrected chi connectivity index (χ3v) is 4.68. The van der Waals surface area contributed by atoms with E-state index in [1.54, 1.807) is 12.1 Å². The number of aryl methyl sites for hydroxylation is 1. The maximum atomic E-state index is 12.4. The molecule has 2 heterocycles. The van der Waals surface area contributed by atoms with Crippen molar-refractivity contribution in [2.45, 2.75) is 13.3 Å². The summed E-state index contributed by atoms with van der Waals surface area (Å²) in [5.74, 6) is -0.0365. The van der Waals surface area contributed by atoms with E-state index in [1.165, 1.54) is 11.3 Å². The normalized spacial score (nSPS) is 13.3. The summed E-state index contributed by atoms with van der Waals surface area (Å²) in [7, 11) is 0. The molecule has 96 valence electrons. The molecule has 0 atom stereocenters. The molecular weight excluding hydrogens is 326 g/mol. The van der Waals surface area contributed by atoms with E-state index < -0.39 is 0 Å². The van der Waals surface area contributed by atoms with Gasteiger partial charge in [-0.25, -0.2) is 0 Å². The molecule has 3 nitrogen and oxygen atoms in total. The van der Waals surface area contributed by atoms with E-state index in [4.69, 9.17) is 0 Å². The minimum Gasteiger partial charge on any atom is -0.325 e. The Morgan fingerprint density at radius 3 is 2.84 bits per heavy atom. The highest BCUT2D eigenvalue weighted by Gasteiger charge is 2.22. The Morgan fingerprint density at radius 2 is 2.16 bits per heavy atom. The van der Waals surface area contributed by atoms with Crippen LogP contribution in [0.1, 0.15) is 25.7 Å². The van der Waals surface area contributed by atoms with Crippen LogP contribution in [0.5, 0.6) is 0 Å². The van der Waals surface area contributed by atoms with E-state index >= 15 is 0 Å². The van der Waals surface area contributed by atoms with Crippen molar-refractivity contribution in [3.05, 3.63) is 49.6 Å². The van der Waals surface area contributed by atoms with Crippen molar-refractivity contribution >= 4 is 44.6 Å². The topological polar surface area (TPSA) is 46.2 Å². The number of rotatable bonds is 2. The Morgan fingerprint density at radius 1 is 1.37 bits per heavy atom. The first-order valence-corrected chi connectivity index (χ1v) is 7.39. The number of nitrogens with one attached hydrogen (secondary N) is 1. The van der Waals surface area contributed by atoms with Crippen LogP contribution in [0.2, 0.25) is 0 Å². The molecule has 0 saturated heterocycles. The van der Waals surface area contributed by atoms with E-state index in [0.717, 1.165) is 21.0 Å². The highest BCUT2D eigenvalue weighted by atomic mass is 79.9. The van der Waals surface area contributed by atoms with Crippen molar-refractivity contribution in [1.82, 2.24) is 0 Å². The van der Waals surface area contributed by atoms with E-state index in [2.05, 4.69) is 21.2 Å². The van der Waals surface area contributed by atoms with Crippen molar-refractivity contribution < 1.29 is 9.59 Å². The fourth-order valence-electron chi connectivity index (χ4n) is 2.11. The number of carbonyl (C=O) groups excluding carboxylic acids is 2. The van der Waals surface area contributed by atoms with Gasteiger partial charge in [0.2, 0.25) is 11.7 Å². The van der Waals surface area contributed by atoms with Crippen LogP contribution in [0.25, 0.3) is 0 Å². The monoisotopic (exact) mass is 335 g/mol. The van der Waals surface area contributed by atoms with Gasteiger partial charge in [-0.15, -0.1) is 11.3 Å². The highest BCUT2D eigenvalue weighted by molar-refractivity contribution is 9.10. The number of hydrogen-bond acceptors (Lipinski definition) is 3. The summed E-state index contributed by atoms with van der Waals surface area (Å²) in [6.07, 6.45) is 0.340. The van der Waals surface area contributed by atoms with E-state index in [1.807, 2.05) is 19.1 Å². The average Bonchev–Trinajstić information content (AvgIpc) is 2.92. The van der Waals surface area contributed by atoms with Crippen LogP contribution in [-0.2, 0) is 11.2 Å². The van der Waals surface area contributed by atoms with E-state index in [0.29, 0.717) is 16.5 Å². The molecule has 0 aliphatic carbocycles. The molecule has 0 radical (unpaired) electrons. The molecule has 2 aromatic rings. The zero-order valence-electron chi connectivity index (χ0n) is 10.1. The second-order valence-electron chi connectivity index (χ2n) is 4.45. The standard InChI is InChI=1S/C14H10BrNO2S/c1-7-2-3-12(19-7)14(18)9-4-8-5-13(17)16-11(8)6-10(9)15/h2-4,6H,5H2,1H3,(H,16,17). The molecule has 19 heavy (non-hydrogen) atoms. The Balaban J connectivity index is 2.04. The SMILES string of the molecule is Cc1ccc(C(=O)c2cc3c(cc2Br)NC(=O)C3)s1. The zero-order valence-corrected chi connectivity index (χ0v) is 12.5. The molecule has 0 saturated carbocycles. The molecule has 1 aromatic heterocycles. The van der Waals surface area contributed by atoms with Gasteiger partial charge in [-0.3, -0.25) is 9.59 Å². The van der Waals surface area contributed by atoms with Gasteiger partial charge in [-0.05, 0) is 52.7 Å². The molecule has 0 bridgehead atoms. The third kappa shape index (κ3) is 2.24. The summed E-state index contributed by atoms with van der Waals surface area (Å²) >= 11 is 4.89. The largest absolute Gasteiger partial charge is 0.325 e. The van der Waals surface area contributed by atoms with Crippen molar-refractivity contribution in [1.29, 1.82) is 0 Å². The molecule has 0 unspecified atom stereocenters. The van der Waals surface area contributed by atoms with Gasteiger partial charge in [0.25, 0.3) is 0 Å². The van der Waals surface area contributed by atoms with Crippen molar-refractivity contribution in [3.8, 4) is 0 Å². The maximum absolute atomic E-state index is 12.4. The first-order chi connectivity index (χ1) is 9.04. The lowest BCUT2D eigenvalue weighted by Crippen LogP contribution is -2.03. The second-order valence-corrected chi connectivity index (χ2v) is 6.60. The summed E-state index contributed by atoms with van der Waals surface area (Å²) in [4.78, 5) is 25.6. The zero-order chi connectivity index (χ0) is 13.6. The highest BCUT2D eigenvalue weighted by Crippen LogP contribution is 2.32. The van der Waals surface area contributed by atoms with Crippen LogP contribution in [0.3, 0.4) is 0 Å². The third-order valence-electron chi connectivity index (χ3n) is 3.03. The van der Waals surface area contributed by atoms with Gasteiger partial charge in [0, 0.05) is 20.6 Å². The van der Waals surface area contributed by atoms with Gasteiger partial charge < -0.3 is 5.32 Å². The van der Waals surface area contributed by atoms with Gasteiger partial charge in [0.05, 0.1) is 11.3 Å². The summed E-state index contributed by atoms with van der Waals surface area (Å²) in [5.41, 5.74) is 2.28. The summed E-state index contributed by atoms with van der Waals surface area (Å²) < 4.78 is 0.713. The van der Waals surface area contributed by atoms with Crippen molar-refractivity contribution in [3.63, 3.8) is 0 Å². The number of carbonyl (C=O) groups is 2. The molecule has 1 aliphatic rings. The molecule has 5 heteroatoms. The number of halogens is 1. The molecular formula is C14H10BrNO2S. The number of hydrogen-bond donors (Lipinski definition) is 1. The summed E-state index contributed by atoms with van der Waals surface area (Å²) in [5, 5.41) is 2.77. The quantitative estimate of drug-likeness (QED) is 0.853. The minimum absolute atomic E-state index is 0.00729. The first-order valence-electron chi connectivity index (χ1n) is 5.78. The number of thiophene rings is 1. The van der Waals surface area contributed by atoms with Crippen LogP contribution < -0.4 is 5.32 Å². The molecule has 3 rings (SSSR count). The lowest BCUT2D eigenvalue weighted by Gasteiger charge is -2.05. The fourth-order valence-corrected chi connectivity index (χ4v) is 3.46. The molecule has 0 fully saturated rings. The van der Waals surface area contributed by atoms with Crippen LogP contribution in [0, 0.1) is 6.92 Å². The van der Waals surface area contributed by atoms with Gasteiger partial charge in [-0.1, -0.05) is 0 Å². The number of ketones is 1. The lowest BCUT2D eigenvalue weighted by atomic mass is 10.0. The predicted molar refractivity (Wildman–Crippen MR) is 79.0 cm³/mol. The number of amides is 1. The lowest BCUT2D eigenvalue weighted by molar-refractivity contribution is -0.115. The van der Waals surface area contributed by atoms with Crippen molar-refractivity contribution in [2.75, 3.05) is 5.32 Å². The maximum Gasteiger partial charge on any atom is 0.228 e. The molecule has 0 spiro atoms. The summed E-state index contributed by atoms with van der Waals surface area (Å²) in [6, 6.07) is 7.37. The van der Waals surface area contributed by atoms with Crippen LogP contribution in [0.4, 0.5) is 5.69 Å². The van der Waals surface area contributed by atoms with Gasteiger partial charge in [0.1, 0.15) is 0 Å². The number of anilines is 1. The Bertz CT molecular complexity index is 705. The summed E-state index contributed by atoms with van der Waals surface area (Å²) in [6.45, 7) is 1.97. The molecule has 1 aliphatic heterocycles. The smallest absolute Gasteiger partial charge is 0.228 e. The predicted octanol–water partition coefficient (Wildman–Crippen LogP) is 3.54. The van der Waals surface area contributed by atoms with Gasteiger partial charge >= 0.3 is 0 Å². The molecule has 1 aromatic carbocycles. The minimum atomic E-state index is -0.0292. The van der Waals surface area contributed by atoms with Crippen molar-refractivity contribution in [2.24, 2.45) is 0 Å². The van der Waals surface area contributed by atoms with Crippen LogP contribution in [0.15, 0.2) is 28.7 Å². The van der Waals surface area contributed by atoms with E-state index in [-0.39, 0.29) is 11.7 Å². The fraction of sp³-hybridized carbons (Fsp3) is 0.143. The van der Waals surface area contributed by atoms with Crippen LogP contribution >= 0.6 is 27.3 Å². The van der Waals surface area contributed by atoms with Gasteiger partial charge in [-0.2, -0.15) is 0 Å². The molecule has 1 N–H and O–H groups in total.